The van der Waals surface area contributed by atoms with E-state index in [-0.39, 0.29) is 0 Å². The number of rotatable bonds is 5. The van der Waals surface area contributed by atoms with E-state index in [1.54, 1.807) is 10.4 Å². The van der Waals surface area contributed by atoms with Crippen LogP contribution in [0, 0.1) is 5.92 Å². The van der Waals surface area contributed by atoms with E-state index >= 15 is 0 Å². The van der Waals surface area contributed by atoms with E-state index in [4.69, 9.17) is 9.97 Å². The van der Waals surface area contributed by atoms with Crippen LogP contribution in [-0.4, -0.2) is 41.0 Å². The number of anilines is 1. The number of piperazine rings is 1. The quantitative estimate of drug-likeness (QED) is 0.498. The van der Waals surface area contributed by atoms with E-state index in [0.717, 1.165) is 45.0 Å². The first kappa shape index (κ1) is 20.9. The molecule has 0 saturated carbocycles. The average Bonchev–Trinajstić information content (AvgIpc) is 2.95. The number of aryl methyl sites for hydroxylation is 2. The van der Waals surface area contributed by atoms with Crippen LogP contribution in [0.5, 0.6) is 0 Å². The Labute approximate surface area is 190 Å². The van der Waals surface area contributed by atoms with Crippen LogP contribution in [0.1, 0.15) is 54.9 Å². The van der Waals surface area contributed by atoms with Gasteiger partial charge in [-0.15, -0.1) is 11.3 Å². The Balaban J connectivity index is 1.43. The zero-order chi connectivity index (χ0) is 21.2. The molecule has 0 atom stereocenters. The molecule has 0 N–H and O–H groups in total. The Kier molecular flexibility index (Phi) is 6.24. The van der Waals surface area contributed by atoms with Crippen molar-refractivity contribution in [3.05, 3.63) is 52.2 Å². The molecule has 1 fully saturated rings. The van der Waals surface area contributed by atoms with Crippen LogP contribution < -0.4 is 4.90 Å². The first-order valence-corrected chi connectivity index (χ1v) is 12.8. The Hall–Kier alpha value is -1.98. The third-order valence-electron chi connectivity index (χ3n) is 6.60. The number of fused-ring (bicyclic) bond motifs is 3. The molecule has 164 valence electrons. The van der Waals surface area contributed by atoms with Crippen LogP contribution >= 0.6 is 11.3 Å². The van der Waals surface area contributed by atoms with Crippen molar-refractivity contribution in [1.82, 2.24) is 14.9 Å². The maximum Gasteiger partial charge on any atom is 0.141 e. The standard InChI is InChI=1S/C26H34N4S/c1-19(2)17-23-27-25(24-21-11-7-4-8-12-22(21)31-26(24)28-23)30-15-13-29(14-16-30)18-20-9-5-3-6-10-20/h3,5-6,9-10,19H,4,7-8,11-18H2,1-2H3. The molecule has 3 aromatic rings. The summed E-state index contributed by atoms with van der Waals surface area (Å²) in [6.07, 6.45) is 7.35. The van der Waals surface area contributed by atoms with Gasteiger partial charge >= 0.3 is 0 Å². The number of benzene rings is 1. The van der Waals surface area contributed by atoms with Crippen LogP contribution in [0.4, 0.5) is 5.82 Å². The van der Waals surface area contributed by atoms with Crippen LogP contribution in [0.2, 0.25) is 0 Å². The van der Waals surface area contributed by atoms with Crippen LogP contribution in [0.15, 0.2) is 30.3 Å². The lowest BCUT2D eigenvalue weighted by Gasteiger charge is -2.36. The minimum atomic E-state index is 0.575. The Morgan fingerprint density at radius 3 is 2.48 bits per heavy atom. The number of aromatic nitrogens is 2. The maximum absolute atomic E-state index is 5.19. The third kappa shape index (κ3) is 4.63. The number of hydrogen-bond acceptors (Lipinski definition) is 5. The molecule has 1 saturated heterocycles. The monoisotopic (exact) mass is 434 g/mol. The summed E-state index contributed by atoms with van der Waals surface area (Å²) in [5.41, 5.74) is 2.97. The van der Waals surface area contributed by atoms with Crippen molar-refractivity contribution in [3.63, 3.8) is 0 Å². The van der Waals surface area contributed by atoms with Crippen molar-refractivity contribution >= 4 is 27.4 Å². The van der Waals surface area contributed by atoms with E-state index in [9.17, 15) is 0 Å². The van der Waals surface area contributed by atoms with Gasteiger partial charge in [-0.2, -0.15) is 0 Å². The Morgan fingerprint density at radius 2 is 1.71 bits per heavy atom. The van der Waals surface area contributed by atoms with Gasteiger partial charge in [0.1, 0.15) is 16.5 Å². The molecule has 1 aliphatic carbocycles. The average molecular weight is 435 g/mol. The molecule has 0 amide bonds. The fraction of sp³-hybridized carbons (Fsp3) is 0.538. The first-order chi connectivity index (χ1) is 15.2. The SMILES string of the molecule is CC(C)Cc1nc(N2CCN(Cc3ccccc3)CC2)c2c3c(sc2n1)CCCCC3. The highest BCUT2D eigenvalue weighted by Crippen LogP contribution is 2.39. The number of thiophene rings is 1. The van der Waals surface area contributed by atoms with Gasteiger partial charge in [0, 0.05) is 44.0 Å². The summed E-state index contributed by atoms with van der Waals surface area (Å²) in [6, 6.07) is 10.8. The van der Waals surface area contributed by atoms with Crippen LogP contribution in [0.25, 0.3) is 10.2 Å². The molecule has 0 unspecified atom stereocenters. The summed E-state index contributed by atoms with van der Waals surface area (Å²) in [4.78, 5) is 18.2. The molecule has 3 heterocycles. The van der Waals surface area contributed by atoms with Gasteiger partial charge in [0.2, 0.25) is 0 Å². The lowest BCUT2D eigenvalue weighted by Crippen LogP contribution is -2.46. The van der Waals surface area contributed by atoms with Gasteiger partial charge in [0.25, 0.3) is 0 Å². The van der Waals surface area contributed by atoms with E-state index < -0.39 is 0 Å². The molecular weight excluding hydrogens is 400 g/mol. The fourth-order valence-electron chi connectivity index (χ4n) is 5.00. The molecule has 2 aliphatic rings. The van der Waals surface area contributed by atoms with E-state index in [1.807, 2.05) is 11.3 Å². The van der Waals surface area contributed by atoms with Gasteiger partial charge < -0.3 is 4.90 Å². The Morgan fingerprint density at radius 1 is 0.935 bits per heavy atom. The molecular formula is C26H34N4S. The predicted molar refractivity (Wildman–Crippen MR) is 131 cm³/mol. The molecule has 31 heavy (non-hydrogen) atoms. The highest BCUT2D eigenvalue weighted by Gasteiger charge is 2.26. The number of hydrogen-bond donors (Lipinski definition) is 0. The molecule has 1 aromatic carbocycles. The molecule has 2 aromatic heterocycles. The topological polar surface area (TPSA) is 32.3 Å². The van der Waals surface area contributed by atoms with Gasteiger partial charge in [-0.05, 0) is 42.7 Å². The summed E-state index contributed by atoms with van der Waals surface area (Å²) in [5, 5.41) is 1.38. The molecule has 5 rings (SSSR count). The van der Waals surface area contributed by atoms with Crippen molar-refractivity contribution in [2.75, 3.05) is 31.1 Å². The lowest BCUT2D eigenvalue weighted by molar-refractivity contribution is 0.249. The summed E-state index contributed by atoms with van der Waals surface area (Å²) >= 11 is 1.95. The zero-order valence-corrected chi connectivity index (χ0v) is 19.8. The molecule has 0 radical (unpaired) electrons. The van der Waals surface area contributed by atoms with Crippen molar-refractivity contribution in [3.8, 4) is 0 Å². The van der Waals surface area contributed by atoms with Crippen molar-refractivity contribution in [2.24, 2.45) is 5.92 Å². The zero-order valence-electron chi connectivity index (χ0n) is 18.9. The summed E-state index contributed by atoms with van der Waals surface area (Å²) in [6.45, 7) is 9.84. The molecule has 4 nitrogen and oxygen atoms in total. The highest BCUT2D eigenvalue weighted by atomic mass is 32.1. The normalized spacial score (nSPS) is 17.8. The third-order valence-corrected chi connectivity index (χ3v) is 7.79. The van der Waals surface area contributed by atoms with Crippen molar-refractivity contribution in [2.45, 2.75) is 58.9 Å². The van der Waals surface area contributed by atoms with Gasteiger partial charge in [0.05, 0.1) is 5.39 Å². The second kappa shape index (κ2) is 9.25. The second-order valence-corrected chi connectivity index (χ2v) is 10.6. The van der Waals surface area contributed by atoms with Gasteiger partial charge in [-0.25, -0.2) is 9.97 Å². The van der Waals surface area contributed by atoms with E-state index in [2.05, 4.69) is 54.0 Å². The lowest BCUT2D eigenvalue weighted by atomic mass is 10.1. The molecule has 5 heteroatoms. The molecule has 0 bridgehead atoms. The van der Waals surface area contributed by atoms with Crippen molar-refractivity contribution < 1.29 is 0 Å². The minimum absolute atomic E-state index is 0.575. The highest BCUT2D eigenvalue weighted by molar-refractivity contribution is 7.19. The smallest absolute Gasteiger partial charge is 0.141 e. The van der Waals surface area contributed by atoms with Crippen LogP contribution in [-0.2, 0) is 25.8 Å². The summed E-state index contributed by atoms with van der Waals surface area (Å²) in [5.74, 6) is 2.82. The first-order valence-electron chi connectivity index (χ1n) is 12.0. The Bertz CT molecular complexity index is 1020. The predicted octanol–water partition coefficient (Wildman–Crippen LogP) is 5.48. The summed E-state index contributed by atoms with van der Waals surface area (Å²) < 4.78 is 0. The number of nitrogens with zero attached hydrogens (tertiary/aromatic N) is 4. The molecule has 1 aliphatic heterocycles. The van der Waals surface area contributed by atoms with Crippen LogP contribution in [0.3, 0.4) is 0 Å². The minimum Gasteiger partial charge on any atom is -0.353 e. The van der Waals surface area contributed by atoms with E-state index in [0.29, 0.717) is 5.92 Å². The molecule has 0 spiro atoms. The van der Waals surface area contributed by atoms with Gasteiger partial charge in [-0.3, -0.25) is 4.90 Å². The van der Waals surface area contributed by atoms with Gasteiger partial charge in [-0.1, -0.05) is 50.6 Å². The summed E-state index contributed by atoms with van der Waals surface area (Å²) in [7, 11) is 0. The van der Waals surface area contributed by atoms with E-state index in [1.165, 1.54) is 53.7 Å². The fourth-order valence-corrected chi connectivity index (χ4v) is 6.28. The largest absolute Gasteiger partial charge is 0.353 e. The van der Waals surface area contributed by atoms with Gasteiger partial charge in [0.15, 0.2) is 0 Å². The maximum atomic E-state index is 5.19. The second-order valence-electron chi connectivity index (χ2n) is 9.55. The van der Waals surface area contributed by atoms with Crippen molar-refractivity contribution in [1.29, 1.82) is 0 Å².